The summed E-state index contributed by atoms with van der Waals surface area (Å²) in [6, 6.07) is 0.903. The molecule has 6 rings (SSSR count). The molecule has 4 heterocycles. The van der Waals surface area contributed by atoms with Crippen LogP contribution in [0.3, 0.4) is 0 Å². The molecule has 0 unspecified atom stereocenters. The summed E-state index contributed by atoms with van der Waals surface area (Å²) in [5.74, 6) is -20.7. The number of halogens is 8. The van der Waals surface area contributed by atoms with E-state index in [-0.39, 0.29) is 0 Å². The van der Waals surface area contributed by atoms with Crippen molar-refractivity contribution in [3.63, 3.8) is 0 Å². The van der Waals surface area contributed by atoms with Gasteiger partial charge < -0.3 is 0 Å². The maximum absolute atomic E-state index is 15.9. The first-order chi connectivity index (χ1) is 17.1. The van der Waals surface area contributed by atoms with Crippen molar-refractivity contribution in [3.8, 4) is 17.6 Å². The van der Waals surface area contributed by atoms with Crippen LogP contribution in [-0.4, -0.2) is 71.0 Å². The van der Waals surface area contributed by atoms with Crippen LogP contribution in [-0.2, 0) is 0 Å². The molecule has 2 aromatic rings. The minimum atomic E-state index is -4.18. The van der Waals surface area contributed by atoms with Gasteiger partial charge >= 0.3 is 198 Å². The first-order valence-electron chi connectivity index (χ1n) is 10.9. The molecule has 0 N–H and O–H groups in total. The molecular formula is C21H16F8N5OP. The molecular weight excluding hydrogens is 521 g/mol. The summed E-state index contributed by atoms with van der Waals surface area (Å²) < 4.78 is 131. The first kappa shape index (κ1) is 23.8. The molecule has 15 heteroatoms. The second kappa shape index (κ2) is 7.49. The number of benzene rings is 2. The van der Waals surface area contributed by atoms with E-state index in [4.69, 9.17) is 5.26 Å². The van der Waals surface area contributed by atoms with E-state index in [0.717, 1.165) is 6.07 Å². The van der Waals surface area contributed by atoms with E-state index >= 15 is 17.6 Å². The van der Waals surface area contributed by atoms with Gasteiger partial charge in [0.15, 0.2) is 0 Å². The van der Waals surface area contributed by atoms with Crippen LogP contribution in [0.5, 0.6) is 11.5 Å². The van der Waals surface area contributed by atoms with Gasteiger partial charge in [-0.3, -0.25) is 0 Å². The van der Waals surface area contributed by atoms with E-state index in [1.807, 2.05) is 18.7 Å². The molecule has 2 aromatic carbocycles. The van der Waals surface area contributed by atoms with E-state index in [9.17, 15) is 17.6 Å². The SMILES string of the molecule is N#Cc1c(F)c(F)c(Oc2c(F)c(F)c(P345N6CCN3CCN4CCN5CC6)c(F)c2F)c(F)c1F. The molecule has 1 spiro atoms. The van der Waals surface area contributed by atoms with Crippen molar-refractivity contribution in [1.82, 2.24) is 18.7 Å². The van der Waals surface area contributed by atoms with Crippen molar-refractivity contribution < 1.29 is 39.9 Å². The Labute approximate surface area is 199 Å². The summed E-state index contributed by atoms with van der Waals surface area (Å²) in [6.07, 6.45) is 0. The summed E-state index contributed by atoms with van der Waals surface area (Å²) >= 11 is 0. The average molecular weight is 537 g/mol. The molecule has 0 bridgehead atoms. The molecule has 4 saturated heterocycles. The van der Waals surface area contributed by atoms with Gasteiger partial charge in [-0.1, -0.05) is 0 Å². The average Bonchev–Trinajstić information content (AvgIpc) is 3.52. The van der Waals surface area contributed by atoms with Crippen molar-refractivity contribution >= 4 is 12.5 Å². The fraction of sp³-hybridized carbons (Fsp3) is 0.381. The third kappa shape index (κ3) is 2.35. The number of hydrogen-bond acceptors (Lipinski definition) is 6. The summed E-state index contributed by atoms with van der Waals surface area (Å²) in [6.45, 7) is 3.38. The number of rotatable bonds is 3. The number of ether oxygens (including phenoxy) is 1. The third-order valence-electron chi connectivity index (χ3n) is 7.69. The summed E-state index contributed by atoms with van der Waals surface area (Å²) in [4.78, 5) is 0. The standard InChI is InChI=1S/C21H16F8N5OP/c22-11-10(9-30)12(23)14(25)19(13(11)24)35-20-15(26)17(28)21(18(29)16(20)27)36-31-1-2-32(36)5-6-34(36)8-7-33(36)4-3-31/h1-8H2. The summed E-state index contributed by atoms with van der Waals surface area (Å²) in [5.41, 5.74) is -1.64. The van der Waals surface area contributed by atoms with Crippen molar-refractivity contribution in [1.29, 1.82) is 5.26 Å². The second-order valence-corrected chi connectivity index (χ2v) is 13.4. The fourth-order valence-corrected chi connectivity index (χ4v) is 14.3. The quantitative estimate of drug-likeness (QED) is 0.339. The molecule has 0 amide bonds. The van der Waals surface area contributed by atoms with Gasteiger partial charge in [0.05, 0.1) is 0 Å². The molecule has 0 saturated carbocycles. The summed E-state index contributed by atoms with van der Waals surface area (Å²) in [5, 5.41) is 7.87. The Morgan fingerprint density at radius 1 is 0.528 bits per heavy atom. The number of nitrogens with zero attached hydrogens (tertiary/aromatic N) is 5. The summed E-state index contributed by atoms with van der Waals surface area (Å²) in [7, 11) is -4.18. The monoisotopic (exact) mass is 537 g/mol. The fourth-order valence-electron chi connectivity index (χ4n) is 6.43. The van der Waals surface area contributed by atoms with Gasteiger partial charge in [-0.2, -0.15) is 0 Å². The molecule has 0 aliphatic carbocycles. The van der Waals surface area contributed by atoms with Crippen LogP contribution in [0.2, 0.25) is 0 Å². The molecule has 4 aliphatic heterocycles. The Kier molecular flexibility index (Phi) is 4.95. The van der Waals surface area contributed by atoms with Gasteiger partial charge in [0.1, 0.15) is 0 Å². The van der Waals surface area contributed by atoms with Gasteiger partial charge in [0.25, 0.3) is 0 Å². The zero-order chi connectivity index (χ0) is 25.8. The van der Waals surface area contributed by atoms with Crippen LogP contribution >= 0.6 is 7.21 Å². The van der Waals surface area contributed by atoms with Gasteiger partial charge in [0.2, 0.25) is 0 Å². The Morgan fingerprint density at radius 2 is 0.833 bits per heavy atom. The second-order valence-electron chi connectivity index (χ2n) is 8.86. The molecule has 6 nitrogen and oxygen atoms in total. The predicted molar refractivity (Wildman–Crippen MR) is 110 cm³/mol. The van der Waals surface area contributed by atoms with Crippen molar-refractivity contribution in [2.75, 3.05) is 52.4 Å². The molecule has 4 aliphatic rings. The van der Waals surface area contributed by atoms with E-state index < -0.39 is 76.1 Å². The number of nitriles is 1. The zero-order valence-corrected chi connectivity index (χ0v) is 19.2. The minimum absolute atomic E-state index is 0.422. The Morgan fingerprint density at radius 3 is 1.14 bits per heavy atom. The van der Waals surface area contributed by atoms with Gasteiger partial charge in [0, 0.05) is 0 Å². The third-order valence-corrected chi connectivity index (χ3v) is 14.6. The molecule has 192 valence electrons. The Hall–Kier alpha value is -2.56. The predicted octanol–water partition coefficient (Wildman–Crippen LogP) is 3.56. The van der Waals surface area contributed by atoms with Gasteiger partial charge in [-0.15, -0.1) is 0 Å². The van der Waals surface area contributed by atoms with Crippen molar-refractivity contribution in [2.24, 2.45) is 0 Å². The molecule has 0 atom stereocenters. The Bertz CT molecular complexity index is 1270. The van der Waals surface area contributed by atoms with Crippen LogP contribution in [0.25, 0.3) is 0 Å². The Balaban J connectivity index is 1.58. The molecule has 4 fully saturated rings. The van der Waals surface area contributed by atoms with E-state index in [1.165, 1.54) is 0 Å². The van der Waals surface area contributed by atoms with Gasteiger partial charge in [-0.05, 0) is 0 Å². The normalized spacial score (nSPS) is 23.9. The molecule has 0 aromatic heterocycles. The zero-order valence-electron chi connectivity index (χ0n) is 18.3. The molecule has 0 radical (unpaired) electrons. The van der Waals surface area contributed by atoms with Gasteiger partial charge in [-0.25, -0.2) is 0 Å². The van der Waals surface area contributed by atoms with Crippen LogP contribution in [0, 0.1) is 57.9 Å². The van der Waals surface area contributed by atoms with E-state index in [2.05, 4.69) is 4.74 Å². The van der Waals surface area contributed by atoms with Crippen molar-refractivity contribution in [2.45, 2.75) is 0 Å². The van der Waals surface area contributed by atoms with Crippen LogP contribution < -0.4 is 10.0 Å². The van der Waals surface area contributed by atoms with Crippen LogP contribution in [0.4, 0.5) is 35.1 Å². The molecule has 36 heavy (non-hydrogen) atoms. The maximum atomic E-state index is 15.9. The van der Waals surface area contributed by atoms with Crippen LogP contribution in [0.1, 0.15) is 5.56 Å². The van der Waals surface area contributed by atoms with Crippen molar-refractivity contribution in [3.05, 3.63) is 52.1 Å². The number of hydrogen-bond donors (Lipinski definition) is 0. The van der Waals surface area contributed by atoms with E-state index in [0.29, 0.717) is 52.4 Å². The topological polar surface area (TPSA) is 46.0 Å². The van der Waals surface area contributed by atoms with E-state index in [1.54, 1.807) is 0 Å². The van der Waals surface area contributed by atoms with Crippen LogP contribution in [0.15, 0.2) is 0 Å². The first-order valence-corrected chi connectivity index (χ1v) is 13.0.